The molecule has 0 radical (unpaired) electrons. The second-order valence-electron chi connectivity index (χ2n) is 2.77. The molecule has 68 valence electrons. The minimum atomic E-state index is -0.488. The summed E-state index contributed by atoms with van der Waals surface area (Å²) in [6.07, 6.45) is 1.57. The van der Waals surface area contributed by atoms with E-state index in [0.717, 1.165) is 0 Å². The topological polar surface area (TPSA) is 60.0 Å². The van der Waals surface area contributed by atoms with Crippen LogP contribution in [-0.4, -0.2) is 25.6 Å². The van der Waals surface area contributed by atoms with Gasteiger partial charge in [-0.05, 0) is 6.42 Å². The van der Waals surface area contributed by atoms with Crippen LogP contribution in [0.5, 0.6) is 0 Å². The average molecular weight is 171 g/mol. The molecule has 0 aromatic carbocycles. The Morgan fingerprint density at radius 3 is 2.83 bits per heavy atom. The Labute approximate surface area is 70.2 Å². The molecule has 0 aliphatic carbocycles. The van der Waals surface area contributed by atoms with Gasteiger partial charge in [0, 0.05) is 7.05 Å². The van der Waals surface area contributed by atoms with Gasteiger partial charge in [-0.15, -0.1) is 0 Å². The molecular formula is C7H13N3O2. The number of aromatic nitrogens is 3. The first kappa shape index (κ1) is 8.99. The zero-order valence-electron chi connectivity index (χ0n) is 7.27. The maximum atomic E-state index is 11.2. The normalized spacial score (nSPS) is 13.2. The number of aliphatic hydroxyl groups is 1. The third-order valence-corrected chi connectivity index (χ3v) is 1.74. The molecule has 0 spiro atoms. The largest absolute Gasteiger partial charge is 0.391 e. The molecule has 0 aliphatic heterocycles. The number of rotatable bonds is 3. The molecule has 0 amide bonds. The van der Waals surface area contributed by atoms with E-state index in [-0.39, 0.29) is 12.2 Å². The fourth-order valence-electron chi connectivity index (χ4n) is 0.875. The van der Waals surface area contributed by atoms with Crippen LogP contribution in [-0.2, 0) is 13.6 Å². The maximum Gasteiger partial charge on any atom is 0.345 e. The molecule has 0 bridgehead atoms. The Morgan fingerprint density at radius 1 is 1.75 bits per heavy atom. The van der Waals surface area contributed by atoms with Crippen molar-refractivity contribution in [2.24, 2.45) is 7.05 Å². The monoisotopic (exact) mass is 171 g/mol. The highest BCUT2D eigenvalue weighted by Gasteiger charge is 2.06. The maximum absolute atomic E-state index is 11.2. The first-order valence-electron chi connectivity index (χ1n) is 3.91. The van der Waals surface area contributed by atoms with Gasteiger partial charge in [0.15, 0.2) is 0 Å². The van der Waals surface area contributed by atoms with Crippen LogP contribution in [0.1, 0.15) is 13.3 Å². The number of aliphatic hydroxyl groups excluding tert-OH is 1. The van der Waals surface area contributed by atoms with Crippen molar-refractivity contribution in [1.29, 1.82) is 0 Å². The molecule has 1 atom stereocenters. The molecular weight excluding hydrogens is 158 g/mol. The summed E-state index contributed by atoms with van der Waals surface area (Å²) in [5.74, 6) is 0. The van der Waals surface area contributed by atoms with Crippen LogP contribution in [0, 0.1) is 0 Å². The second-order valence-corrected chi connectivity index (χ2v) is 2.77. The van der Waals surface area contributed by atoms with Crippen LogP contribution in [0.2, 0.25) is 0 Å². The van der Waals surface area contributed by atoms with E-state index in [1.165, 1.54) is 15.6 Å². The lowest BCUT2D eigenvalue weighted by Crippen LogP contribution is -2.28. The zero-order valence-corrected chi connectivity index (χ0v) is 7.27. The summed E-state index contributed by atoms with van der Waals surface area (Å²) in [6.45, 7) is 2.13. The second kappa shape index (κ2) is 3.53. The minimum Gasteiger partial charge on any atom is -0.391 e. The van der Waals surface area contributed by atoms with Crippen LogP contribution < -0.4 is 5.69 Å². The molecule has 1 unspecified atom stereocenters. The van der Waals surface area contributed by atoms with Crippen LogP contribution in [0.25, 0.3) is 0 Å². The summed E-state index contributed by atoms with van der Waals surface area (Å²) in [5.41, 5.74) is -0.192. The Morgan fingerprint density at radius 2 is 2.42 bits per heavy atom. The van der Waals surface area contributed by atoms with Gasteiger partial charge < -0.3 is 5.11 Å². The summed E-state index contributed by atoms with van der Waals surface area (Å²) in [6, 6.07) is 0. The van der Waals surface area contributed by atoms with Crippen molar-refractivity contribution in [2.75, 3.05) is 0 Å². The van der Waals surface area contributed by atoms with Crippen molar-refractivity contribution in [1.82, 2.24) is 14.3 Å². The third-order valence-electron chi connectivity index (χ3n) is 1.74. The Balaban J connectivity index is 2.76. The van der Waals surface area contributed by atoms with Crippen molar-refractivity contribution >= 4 is 0 Å². The van der Waals surface area contributed by atoms with E-state index < -0.39 is 6.10 Å². The van der Waals surface area contributed by atoms with Crippen LogP contribution >= 0.6 is 0 Å². The van der Waals surface area contributed by atoms with Crippen molar-refractivity contribution in [3.63, 3.8) is 0 Å². The predicted octanol–water partition coefficient (Wildman–Crippen LogP) is -0.647. The lowest BCUT2D eigenvalue weighted by molar-refractivity contribution is 0.143. The molecule has 0 saturated heterocycles. The number of hydrogen-bond donors (Lipinski definition) is 1. The van der Waals surface area contributed by atoms with Crippen LogP contribution in [0.3, 0.4) is 0 Å². The number of aryl methyl sites for hydroxylation is 1. The van der Waals surface area contributed by atoms with E-state index in [1.807, 2.05) is 6.92 Å². The van der Waals surface area contributed by atoms with Crippen LogP contribution in [0.4, 0.5) is 0 Å². The van der Waals surface area contributed by atoms with Gasteiger partial charge in [0.1, 0.15) is 6.33 Å². The first-order valence-corrected chi connectivity index (χ1v) is 3.91. The van der Waals surface area contributed by atoms with Gasteiger partial charge >= 0.3 is 5.69 Å². The lowest BCUT2D eigenvalue weighted by atomic mass is 10.3. The van der Waals surface area contributed by atoms with Gasteiger partial charge in [0.05, 0.1) is 12.6 Å². The molecule has 1 aromatic rings. The van der Waals surface area contributed by atoms with Crippen molar-refractivity contribution in [3.8, 4) is 0 Å². The van der Waals surface area contributed by atoms with Gasteiger partial charge in [-0.1, -0.05) is 6.92 Å². The van der Waals surface area contributed by atoms with E-state index in [1.54, 1.807) is 7.05 Å². The molecule has 5 nitrogen and oxygen atoms in total. The molecule has 1 heterocycles. The molecule has 1 N–H and O–H groups in total. The van der Waals surface area contributed by atoms with Crippen molar-refractivity contribution in [2.45, 2.75) is 26.0 Å². The fraction of sp³-hybridized carbons (Fsp3) is 0.714. The van der Waals surface area contributed by atoms with Crippen molar-refractivity contribution in [3.05, 3.63) is 16.8 Å². The van der Waals surface area contributed by atoms with Gasteiger partial charge in [0.2, 0.25) is 0 Å². The number of nitrogens with zero attached hydrogens (tertiary/aromatic N) is 3. The first-order chi connectivity index (χ1) is 5.65. The smallest absolute Gasteiger partial charge is 0.345 e. The molecule has 12 heavy (non-hydrogen) atoms. The fourth-order valence-corrected chi connectivity index (χ4v) is 0.875. The summed E-state index contributed by atoms with van der Waals surface area (Å²) in [4.78, 5) is 11.2. The Kier molecular flexibility index (Phi) is 2.65. The Hall–Kier alpha value is -1.10. The van der Waals surface area contributed by atoms with E-state index >= 15 is 0 Å². The lowest BCUT2D eigenvalue weighted by Gasteiger charge is -2.04. The molecule has 1 rings (SSSR count). The standard InChI is InChI=1S/C7H13N3O2/c1-3-6(11)4-10-7(12)9(2)5-8-10/h5-6,11H,3-4H2,1-2H3. The molecule has 5 heteroatoms. The van der Waals surface area contributed by atoms with E-state index in [4.69, 9.17) is 0 Å². The highest BCUT2D eigenvalue weighted by molar-refractivity contribution is 4.66. The quantitative estimate of drug-likeness (QED) is 0.657. The highest BCUT2D eigenvalue weighted by Crippen LogP contribution is 1.91. The van der Waals surface area contributed by atoms with Crippen molar-refractivity contribution < 1.29 is 5.11 Å². The molecule has 0 saturated carbocycles. The van der Waals surface area contributed by atoms with Gasteiger partial charge in [-0.25, -0.2) is 9.48 Å². The molecule has 0 aliphatic rings. The molecule has 0 fully saturated rings. The summed E-state index contributed by atoms with van der Waals surface area (Å²) in [5, 5.41) is 13.0. The SMILES string of the molecule is CCC(O)Cn1ncn(C)c1=O. The van der Waals surface area contributed by atoms with E-state index in [0.29, 0.717) is 6.42 Å². The van der Waals surface area contributed by atoms with E-state index in [9.17, 15) is 9.90 Å². The zero-order chi connectivity index (χ0) is 9.14. The van der Waals surface area contributed by atoms with Crippen LogP contribution in [0.15, 0.2) is 11.1 Å². The average Bonchev–Trinajstić information content (AvgIpc) is 2.36. The minimum absolute atomic E-state index is 0.192. The number of hydrogen-bond acceptors (Lipinski definition) is 3. The predicted molar refractivity (Wildman–Crippen MR) is 43.8 cm³/mol. The van der Waals surface area contributed by atoms with E-state index in [2.05, 4.69) is 5.10 Å². The third kappa shape index (κ3) is 1.73. The summed E-state index contributed by atoms with van der Waals surface area (Å²) >= 11 is 0. The summed E-state index contributed by atoms with van der Waals surface area (Å²) in [7, 11) is 1.63. The van der Waals surface area contributed by atoms with Gasteiger partial charge in [0.25, 0.3) is 0 Å². The molecule has 1 aromatic heterocycles. The van der Waals surface area contributed by atoms with Gasteiger partial charge in [-0.2, -0.15) is 5.10 Å². The highest BCUT2D eigenvalue weighted by atomic mass is 16.3. The Bertz CT molecular complexity index is 302. The summed E-state index contributed by atoms with van der Waals surface area (Å²) < 4.78 is 2.64. The van der Waals surface area contributed by atoms with Gasteiger partial charge in [-0.3, -0.25) is 4.57 Å².